The summed E-state index contributed by atoms with van der Waals surface area (Å²) in [6.45, 7) is 7.27. The Morgan fingerprint density at radius 1 is 1.38 bits per heavy atom. The number of halogens is 1. The Hall–Kier alpha value is -1.41. The number of aliphatic hydroxyl groups excluding tert-OH is 1. The molecule has 0 spiro atoms. The van der Waals surface area contributed by atoms with Crippen molar-refractivity contribution in [2.45, 2.75) is 20.4 Å². The monoisotopic (exact) mass is 293 g/mol. The van der Waals surface area contributed by atoms with Crippen molar-refractivity contribution >= 4 is 0 Å². The molecule has 4 heteroatoms. The van der Waals surface area contributed by atoms with Crippen LogP contribution >= 0.6 is 0 Å². The molecule has 0 aliphatic rings. The SMILES string of the molecule is COCCN(Cc1ccc(F)c(C#CCO)c1)CC(C)C. The van der Waals surface area contributed by atoms with Gasteiger partial charge in [-0.2, -0.15) is 0 Å². The Balaban J connectivity index is 2.82. The molecule has 0 amide bonds. The zero-order chi connectivity index (χ0) is 15.7. The second-order valence-corrected chi connectivity index (χ2v) is 5.40. The van der Waals surface area contributed by atoms with Crippen LogP contribution in [0, 0.1) is 23.6 Å². The second kappa shape index (κ2) is 9.51. The van der Waals surface area contributed by atoms with Crippen molar-refractivity contribution in [3.05, 3.63) is 35.1 Å². The van der Waals surface area contributed by atoms with Crippen LogP contribution in [0.4, 0.5) is 4.39 Å². The van der Waals surface area contributed by atoms with Crippen molar-refractivity contribution < 1.29 is 14.2 Å². The first kappa shape index (κ1) is 17.6. The molecule has 116 valence electrons. The largest absolute Gasteiger partial charge is 0.384 e. The number of aliphatic hydroxyl groups is 1. The highest BCUT2D eigenvalue weighted by molar-refractivity contribution is 5.38. The summed E-state index contributed by atoms with van der Waals surface area (Å²) in [7, 11) is 1.69. The summed E-state index contributed by atoms with van der Waals surface area (Å²) in [4.78, 5) is 2.28. The molecule has 0 saturated heterocycles. The number of nitrogens with zero attached hydrogens (tertiary/aromatic N) is 1. The van der Waals surface area contributed by atoms with Crippen LogP contribution in [0.5, 0.6) is 0 Å². The van der Waals surface area contributed by atoms with Crippen LogP contribution in [0.15, 0.2) is 18.2 Å². The molecule has 0 fully saturated rings. The van der Waals surface area contributed by atoms with Gasteiger partial charge in [0, 0.05) is 26.7 Å². The van der Waals surface area contributed by atoms with Crippen LogP contribution in [0.2, 0.25) is 0 Å². The van der Waals surface area contributed by atoms with E-state index in [1.807, 2.05) is 0 Å². The van der Waals surface area contributed by atoms with E-state index < -0.39 is 0 Å². The molecule has 0 bridgehead atoms. The Morgan fingerprint density at radius 3 is 2.76 bits per heavy atom. The Kier molecular flexibility index (Phi) is 7.99. The lowest BCUT2D eigenvalue weighted by Gasteiger charge is -2.24. The highest BCUT2D eigenvalue weighted by atomic mass is 19.1. The molecule has 3 nitrogen and oxygen atoms in total. The van der Waals surface area contributed by atoms with Gasteiger partial charge in [0.25, 0.3) is 0 Å². The van der Waals surface area contributed by atoms with Gasteiger partial charge < -0.3 is 9.84 Å². The molecule has 0 aliphatic carbocycles. The molecule has 1 N–H and O–H groups in total. The zero-order valence-electron chi connectivity index (χ0n) is 13.0. The summed E-state index contributed by atoms with van der Waals surface area (Å²) in [5.74, 6) is 5.32. The Labute approximate surface area is 126 Å². The highest BCUT2D eigenvalue weighted by Gasteiger charge is 2.09. The van der Waals surface area contributed by atoms with Crippen LogP contribution < -0.4 is 0 Å². The summed E-state index contributed by atoms with van der Waals surface area (Å²) in [5.41, 5.74) is 1.34. The van der Waals surface area contributed by atoms with Gasteiger partial charge in [-0.25, -0.2) is 4.39 Å². The third-order valence-corrected chi connectivity index (χ3v) is 2.97. The van der Waals surface area contributed by atoms with E-state index in [1.165, 1.54) is 6.07 Å². The van der Waals surface area contributed by atoms with Crippen LogP contribution in [0.25, 0.3) is 0 Å². The van der Waals surface area contributed by atoms with E-state index >= 15 is 0 Å². The molecular weight excluding hydrogens is 269 g/mol. The molecule has 1 aromatic carbocycles. The predicted octanol–water partition coefficient (Wildman–Crippen LogP) is 2.27. The van der Waals surface area contributed by atoms with E-state index in [2.05, 4.69) is 30.6 Å². The average molecular weight is 293 g/mol. The molecule has 0 heterocycles. The van der Waals surface area contributed by atoms with Crippen molar-refractivity contribution in [3.63, 3.8) is 0 Å². The van der Waals surface area contributed by atoms with Gasteiger partial charge >= 0.3 is 0 Å². The van der Waals surface area contributed by atoms with Crippen LogP contribution in [-0.4, -0.2) is 43.4 Å². The van der Waals surface area contributed by atoms with Crippen LogP contribution in [0.1, 0.15) is 25.0 Å². The number of benzene rings is 1. The van der Waals surface area contributed by atoms with Gasteiger partial charge in [-0.3, -0.25) is 4.90 Å². The summed E-state index contributed by atoms with van der Waals surface area (Å²) < 4.78 is 18.8. The molecule has 21 heavy (non-hydrogen) atoms. The third-order valence-electron chi connectivity index (χ3n) is 2.97. The van der Waals surface area contributed by atoms with E-state index in [9.17, 15) is 4.39 Å². The highest BCUT2D eigenvalue weighted by Crippen LogP contribution is 2.13. The van der Waals surface area contributed by atoms with E-state index in [1.54, 1.807) is 19.2 Å². The van der Waals surface area contributed by atoms with E-state index in [-0.39, 0.29) is 12.4 Å². The van der Waals surface area contributed by atoms with Gasteiger partial charge in [-0.1, -0.05) is 31.8 Å². The van der Waals surface area contributed by atoms with Crippen LogP contribution in [-0.2, 0) is 11.3 Å². The number of methoxy groups -OCH3 is 1. The van der Waals surface area contributed by atoms with Gasteiger partial charge in [-0.05, 0) is 23.6 Å². The maximum absolute atomic E-state index is 13.6. The van der Waals surface area contributed by atoms with E-state index in [4.69, 9.17) is 9.84 Å². The fourth-order valence-corrected chi connectivity index (χ4v) is 2.13. The number of rotatable bonds is 7. The standard InChI is InChI=1S/C17H24FNO2/c1-14(2)12-19(8-10-21-3)13-15-6-7-17(18)16(11-15)5-4-9-20/h6-7,11,14,20H,8-10,12-13H2,1-3H3. The molecule has 0 radical (unpaired) electrons. The number of hydrogen-bond donors (Lipinski definition) is 1. The number of ether oxygens (including phenoxy) is 1. The van der Waals surface area contributed by atoms with E-state index in [0.29, 0.717) is 18.1 Å². The summed E-state index contributed by atoms with van der Waals surface area (Å²) in [5, 5.41) is 8.71. The molecule has 0 aliphatic heterocycles. The normalized spacial score (nSPS) is 10.8. The molecule has 0 atom stereocenters. The maximum Gasteiger partial charge on any atom is 0.138 e. The minimum absolute atomic E-state index is 0.267. The maximum atomic E-state index is 13.6. The Bertz CT molecular complexity index is 491. The van der Waals surface area contributed by atoms with Gasteiger partial charge in [0.15, 0.2) is 0 Å². The first-order valence-corrected chi connectivity index (χ1v) is 7.16. The quantitative estimate of drug-likeness (QED) is 0.783. The van der Waals surface area contributed by atoms with Gasteiger partial charge in [0.1, 0.15) is 12.4 Å². The van der Waals surface area contributed by atoms with Crippen molar-refractivity contribution in [2.75, 3.05) is 33.4 Å². The summed E-state index contributed by atoms with van der Waals surface area (Å²) in [6.07, 6.45) is 0. The smallest absolute Gasteiger partial charge is 0.138 e. The van der Waals surface area contributed by atoms with Gasteiger partial charge in [0.05, 0.1) is 12.2 Å². The lowest BCUT2D eigenvalue weighted by molar-refractivity contribution is 0.136. The minimum Gasteiger partial charge on any atom is -0.384 e. The second-order valence-electron chi connectivity index (χ2n) is 5.40. The molecule has 1 rings (SSSR count). The lowest BCUT2D eigenvalue weighted by atomic mass is 10.1. The minimum atomic E-state index is -0.355. The van der Waals surface area contributed by atoms with Crippen molar-refractivity contribution in [1.82, 2.24) is 4.90 Å². The molecule has 1 aromatic rings. The summed E-state index contributed by atoms with van der Waals surface area (Å²) >= 11 is 0. The third kappa shape index (κ3) is 6.72. The Morgan fingerprint density at radius 2 is 2.14 bits per heavy atom. The number of hydrogen-bond acceptors (Lipinski definition) is 3. The molecule has 0 saturated carbocycles. The fourth-order valence-electron chi connectivity index (χ4n) is 2.13. The first-order chi connectivity index (χ1) is 10.1. The molecule has 0 aromatic heterocycles. The first-order valence-electron chi connectivity index (χ1n) is 7.16. The zero-order valence-corrected chi connectivity index (χ0v) is 13.0. The van der Waals surface area contributed by atoms with Crippen molar-refractivity contribution in [3.8, 4) is 11.8 Å². The van der Waals surface area contributed by atoms with Gasteiger partial charge in [-0.15, -0.1) is 0 Å². The van der Waals surface area contributed by atoms with Crippen LogP contribution in [0.3, 0.4) is 0 Å². The van der Waals surface area contributed by atoms with Crippen molar-refractivity contribution in [2.24, 2.45) is 5.92 Å². The summed E-state index contributed by atoms with van der Waals surface area (Å²) in [6, 6.07) is 4.96. The van der Waals surface area contributed by atoms with Crippen molar-refractivity contribution in [1.29, 1.82) is 0 Å². The average Bonchev–Trinajstić information content (AvgIpc) is 2.44. The van der Waals surface area contributed by atoms with E-state index in [0.717, 1.165) is 25.2 Å². The molecular formula is C17H24FNO2. The van der Waals surface area contributed by atoms with Gasteiger partial charge in [0.2, 0.25) is 0 Å². The fraction of sp³-hybridized carbons (Fsp3) is 0.529. The predicted molar refractivity (Wildman–Crippen MR) is 82.4 cm³/mol. The topological polar surface area (TPSA) is 32.7 Å². The lowest BCUT2D eigenvalue weighted by Crippen LogP contribution is -2.30. The molecule has 0 unspecified atom stereocenters.